The van der Waals surface area contributed by atoms with Crippen LogP contribution in [0.15, 0.2) is 0 Å². The number of piperazine rings is 1. The number of rotatable bonds is 6. The molecule has 2 fully saturated rings. The summed E-state index contributed by atoms with van der Waals surface area (Å²) in [5.41, 5.74) is 0. The molecule has 132 valence electrons. The number of nitrogens with zero attached hydrogens (tertiary/aromatic N) is 3. The zero-order valence-corrected chi connectivity index (χ0v) is 15.7. The van der Waals surface area contributed by atoms with Gasteiger partial charge in [0.15, 0.2) is 0 Å². The number of piperidine rings is 1. The molecule has 0 N–H and O–H groups in total. The van der Waals surface area contributed by atoms with Crippen molar-refractivity contribution in [3.05, 3.63) is 0 Å². The standard InChI is InChI=1S/C16H33N3O.C2H6/c1-4-17-7-5-16(6-8-17)19-11-9-18(10-12-19)13-14-20-15(2)3;1-2/h15-16H,4-14H2,1-3H3;1-2H3. The van der Waals surface area contributed by atoms with Gasteiger partial charge in [0.2, 0.25) is 0 Å². The van der Waals surface area contributed by atoms with Gasteiger partial charge in [-0.15, -0.1) is 0 Å². The van der Waals surface area contributed by atoms with Gasteiger partial charge in [0.05, 0.1) is 12.7 Å². The van der Waals surface area contributed by atoms with E-state index in [1.807, 2.05) is 13.8 Å². The van der Waals surface area contributed by atoms with E-state index in [0.717, 1.165) is 19.2 Å². The Hall–Kier alpha value is -0.160. The molecule has 0 aromatic rings. The summed E-state index contributed by atoms with van der Waals surface area (Å²) < 4.78 is 5.65. The summed E-state index contributed by atoms with van der Waals surface area (Å²) in [6.07, 6.45) is 3.09. The molecule has 0 radical (unpaired) electrons. The Morgan fingerprint density at radius 2 is 1.50 bits per heavy atom. The third-order valence-electron chi connectivity index (χ3n) is 4.79. The normalized spacial score (nSPS) is 22.6. The van der Waals surface area contributed by atoms with Crippen molar-refractivity contribution in [1.82, 2.24) is 14.7 Å². The van der Waals surface area contributed by atoms with Crippen LogP contribution in [0.3, 0.4) is 0 Å². The molecule has 0 aromatic heterocycles. The Kier molecular flexibility index (Phi) is 10.3. The van der Waals surface area contributed by atoms with Gasteiger partial charge in [-0.2, -0.15) is 0 Å². The second kappa shape index (κ2) is 11.4. The van der Waals surface area contributed by atoms with Crippen molar-refractivity contribution in [2.45, 2.75) is 59.6 Å². The average molecular weight is 314 g/mol. The summed E-state index contributed by atoms with van der Waals surface area (Å²) in [6.45, 7) is 21.2. The molecular formula is C18H39N3O. The highest BCUT2D eigenvalue weighted by Crippen LogP contribution is 2.18. The van der Waals surface area contributed by atoms with E-state index >= 15 is 0 Å². The van der Waals surface area contributed by atoms with Gasteiger partial charge in [0.25, 0.3) is 0 Å². The van der Waals surface area contributed by atoms with Crippen molar-refractivity contribution < 1.29 is 4.74 Å². The van der Waals surface area contributed by atoms with Crippen LogP contribution in [0.2, 0.25) is 0 Å². The minimum Gasteiger partial charge on any atom is -0.377 e. The molecule has 2 saturated heterocycles. The fourth-order valence-corrected chi connectivity index (χ4v) is 3.37. The van der Waals surface area contributed by atoms with E-state index in [2.05, 4.69) is 35.5 Å². The van der Waals surface area contributed by atoms with Crippen molar-refractivity contribution in [2.24, 2.45) is 0 Å². The minimum absolute atomic E-state index is 0.361. The molecule has 0 spiro atoms. The quantitative estimate of drug-likeness (QED) is 0.750. The van der Waals surface area contributed by atoms with Crippen molar-refractivity contribution in [1.29, 1.82) is 0 Å². The molecular weight excluding hydrogens is 274 g/mol. The average Bonchev–Trinajstić information content (AvgIpc) is 2.57. The van der Waals surface area contributed by atoms with Crippen LogP contribution in [-0.2, 0) is 4.74 Å². The highest BCUT2D eigenvalue weighted by atomic mass is 16.5. The van der Waals surface area contributed by atoms with Gasteiger partial charge in [-0.05, 0) is 46.3 Å². The van der Waals surface area contributed by atoms with Crippen LogP contribution in [0, 0.1) is 0 Å². The van der Waals surface area contributed by atoms with Gasteiger partial charge in [-0.1, -0.05) is 20.8 Å². The Labute approximate surface area is 138 Å². The molecule has 4 heteroatoms. The summed E-state index contributed by atoms with van der Waals surface area (Å²) in [5, 5.41) is 0. The van der Waals surface area contributed by atoms with Gasteiger partial charge < -0.3 is 9.64 Å². The van der Waals surface area contributed by atoms with Crippen LogP contribution in [0.1, 0.15) is 47.5 Å². The Morgan fingerprint density at radius 1 is 0.909 bits per heavy atom. The maximum Gasteiger partial charge on any atom is 0.0596 e. The lowest BCUT2D eigenvalue weighted by molar-refractivity contribution is 0.0281. The first-order chi connectivity index (χ1) is 10.7. The second-order valence-electron chi connectivity index (χ2n) is 6.46. The first kappa shape index (κ1) is 19.9. The molecule has 0 atom stereocenters. The molecule has 0 aromatic carbocycles. The summed E-state index contributed by atoms with van der Waals surface area (Å²) >= 11 is 0. The predicted molar refractivity (Wildman–Crippen MR) is 95.6 cm³/mol. The lowest BCUT2D eigenvalue weighted by Gasteiger charge is -2.42. The van der Waals surface area contributed by atoms with E-state index in [4.69, 9.17) is 4.74 Å². The van der Waals surface area contributed by atoms with Crippen LogP contribution in [-0.4, -0.2) is 85.8 Å². The molecule has 22 heavy (non-hydrogen) atoms. The maximum atomic E-state index is 5.65. The first-order valence-electron chi connectivity index (χ1n) is 9.49. The van der Waals surface area contributed by atoms with Gasteiger partial charge in [0.1, 0.15) is 0 Å². The molecule has 2 heterocycles. The van der Waals surface area contributed by atoms with Gasteiger partial charge in [-0.3, -0.25) is 9.80 Å². The molecule has 0 amide bonds. The maximum absolute atomic E-state index is 5.65. The third kappa shape index (κ3) is 6.95. The van der Waals surface area contributed by atoms with Crippen LogP contribution in [0.25, 0.3) is 0 Å². The molecule has 0 aliphatic carbocycles. The molecule has 2 rings (SSSR count). The third-order valence-corrected chi connectivity index (χ3v) is 4.79. The topological polar surface area (TPSA) is 19.0 Å². The SMILES string of the molecule is CC.CCN1CCC(N2CCN(CCOC(C)C)CC2)CC1. The van der Waals surface area contributed by atoms with E-state index in [1.165, 1.54) is 58.7 Å². The molecule has 0 unspecified atom stereocenters. The van der Waals surface area contributed by atoms with E-state index in [1.54, 1.807) is 0 Å². The lowest BCUT2D eigenvalue weighted by atomic mass is 10.0. The van der Waals surface area contributed by atoms with Crippen LogP contribution in [0.5, 0.6) is 0 Å². The molecule has 0 bridgehead atoms. The number of ether oxygens (including phenoxy) is 1. The Morgan fingerprint density at radius 3 is 2.00 bits per heavy atom. The van der Waals surface area contributed by atoms with Crippen molar-refractivity contribution in [3.8, 4) is 0 Å². The first-order valence-corrected chi connectivity index (χ1v) is 9.49. The van der Waals surface area contributed by atoms with Gasteiger partial charge in [-0.25, -0.2) is 0 Å². The summed E-state index contributed by atoms with van der Waals surface area (Å²) in [6, 6.07) is 0.840. The highest BCUT2D eigenvalue weighted by Gasteiger charge is 2.26. The second-order valence-corrected chi connectivity index (χ2v) is 6.46. The zero-order valence-electron chi connectivity index (χ0n) is 15.7. The summed E-state index contributed by atoms with van der Waals surface area (Å²) in [5.74, 6) is 0. The van der Waals surface area contributed by atoms with Gasteiger partial charge in [0, 0.05) is 38.8 Å². The molecule has 2 aliphatic rings. The smallest absolute Gasteiger partial charge is 0.0596 e. The van der Waals surface area contributed by atoms with Crippen molar-refractivity contribution in [3.63, 3.8) is 0 Å². The number of likely N-dealkylation sites (tertiary alicyclic amines) is 1. The molecule has 4 nitrogen and oxygen atoms in total. The van der Waals surface area contributed by atoms with Crippen molar-refractivity contribution >= 4 is 0 Å². The zero-order chi connectivity index (χ0) is 16.4. The lowest BCUT2D eigenvalue weighted by Crippen LogP contribution is -2.53. The monoisotopic (exact) mass is 313 g/mol. The van der Waals surface area contributed by atoms with Crippen LogP contribution in [0.4, 0.5) is 0 Å². The van der Waals surface area contributed by atoms with E-state index < -0.39 is 0 Å². The summed E-state index contributed by atoms with van der Waals surface area (Å²) in [7, 11) is 0. The fourth-order valence-electron chi connectivity index (χ4n) is 3.37. The Bertz CT molecular complexity index is 257. The Balaban J connectivity index is 0.00000116. The van der Waals surface area contributed by atoms with E-state index in [0.29, 0.717) is 6.10 Å². The molecule has 0 saturated carbocycles. The minimum atomic E-state index is 0.361. The number of hydrogen-bond donors (Lipinski definition) is 0. The van der Waals surface area contributed by atoms with Gasteiger partial charge >= 0.3 is 0 Å². The summed E-state index contributed by atoms with van der Waals surface area (Å²) in [4.78, 5) is 7.86. The highest BCUT2D eigenvalue weighted by molar-refractivity contribution is 4.83. The predicted octanol–water partition coefficient (Wildman–Crippen LogP) is 2.54. The largest absolute Gasteiger partial charge is 0.377 e. The van der Waals surface area contributed by atoms with E-state index in [9.17, 15) is 0 Å². The van der Waals surface area contributed by atoms with Crippen molar-refractivity contribution in [2.75, 3.05) is 59.0 Å². The van der Waals surface area contributed by atoms with E-state index in [-0.39, 0.29) is 0 Å². The number of hydrogen-bond acceptors (Lipinski definition) is 4. The van der Waals surface area contributed by atoms with Crippen LogP contribution >= 0.6 is 0 Å². The molecule has 2 aliphatic heterocycles. The van der Waals surface area contributed by atoms with Crippen LogP contribution < -0.4 is 0 Å². The fraction of sp³-hybridized carbons (Fsp3) is 1.00.